The molecule has 0 N–H and O–H groups in total. The molecule has 0 saturated carbocycles. The first-order valence-electron chi connectivity index (χ1n) is 10.7. The van der Waals surface area contributed by atoms with Crippen molar-refractivity contribution in [1.29, 1.82) is 0 Å². The summed E-state index contributed by atoms with van der Waals surface area (Å²) in [4.78, 5) is 5.12. The first-order valence-corrected chi connectivity index (χ1v) is 10.7. The van der Waals surface area contributed by atoms with Crippen LogP contribution in [0.4, 0.5) is 11.4 Å². The number of unbranched alkanes of at least 4 members (excludes halogenated alkanes) is 3. The fourth-order valence-electron chi connectivity index (χ4n) is 4.39. The molecule has 27 heavy (non-hydrogen) atoms. The monoisotopic (exact) mass is 364 g/mol. The molecule has 144 valence electrons. The van der Waals surface area contributed by atoms with Gasteiger partial charge in [0.25, 0.3) is 0 Å². The number of para-hydroxylation sites is 2. The Balaban J connectivity index is 1.32. The van der Waals surface area contributed by atoms with Gasteiger partial charge in [-0.15, -0.1) is 0 Å². The molecule has 1 fully saturated rings. The van der Waals surface area contributed by atoms with Gasteiger partial charge in [-0.05, 0) is 55.5 Å². The lowest BCUT2D eigenvalue weighted by atomic mass is 10.0. The van der Waals surface area contributed by atoms with E-state index in [0.29, 0.717) is 0 Å². The number of ether oxygens (including phenoxy) is 1. The van der Waals surface area contributed by atoms with E-state index >= 15 is 0 Å². The molecule has 3 nitrogen and oxygen atoms in total. The number of hydrogen-bond acceptors (Lipinski definition) is 3. The summed E-state index contributed by atoms with van der Waals surface area (Å²) in [5.74, 6) is 0. The fourth-order valence-corrected chi connectivity index (χ4v) is 4.39. The second kappa shape index (κ2) is 9.38. The maximum atomic E-state index is 5.43. The molecule has 0 bridgehead atoms. The highest BCUT2D eigenvalue weighted by Crippen LogP contribution is 2.36. The van der Waals surface area contributed by atoms with E-state index in [1.54, 1.807) is 0 Å². The van der Waals surface area contributed by atoms with Gasteiger partial charge in [0.1, 0.15) is 0 Å². The van der Waals surface area contributed by atoms with E-state index in [1.165, 1.54) is 54.7 Å². The highest BCUT2D eigenvalue weighted by atomic mass is 16.5. The summed E-state index contributed by atoms with van der Waals surface area (Å²) in [5, 5.41) is 0. The molecule has 0 radical (unpaired) electrons. The van der Waals surface area contributed by atoms with E-state index in [1.807, 2.05) is 0 Å². The second-order valence-electron chi connectivity index (χ2n) is 7.78. The van der Waals surface area contributed by atoms with Crippen molar-refractivity contribution in [3.05, 3.63) is 59.7 Å². The summed E-state index contributed by atoms with van der Waals surface area (Å²) in [6, 6.07) is 17.9. The predicted octanol–water partition coefficient (Wildman–Crippen LogP) is 4.82. The molecule has 2 aliphatic rings. The van der Waals surface area contributed by atoms with Crippen molar-refractivity contribution in [2.24, 2.45) is 0 Å². The Hall–Kier alpha value is -1.84. The third-order valence-corrected chi connectivity index (χ3v) is 5.94. The summed E-state index contributed by atoms with van der Waals surface area (Å²) in [6.07, 6.45) is 7.49. The Bertz CT molecular complexity index is 676. The highest BCUT2D eigenvalue weighted by Gasteiger charge is 2.19. The van der Waals surface area contributed by atoms with Crippen LogP contribution >= 0.6 is 0 Å². The van der Waals surface area contributed by atoms with Crippen LogP contribution < -0.4 is 4.90 Å². The molecule has 2 aromatic rings. The molecular weight excluding hydrogens is 332 g/mol. The molecular formula is C24H32N2O. The van der Waals surface area contributed by atoms with Crippen molar-refractivity contribution >= 4 is 11.4 Å². The molecule has 1 saturated heterocycles. The quantitative estimate of drug-likeness (QED) is 0.655. The fraction of sp³-hybridized carbons (Fsp3) is 0.500. The van der Waals surface area contributed by atoms with Crippen LogP contribution in [0.1, 0.15) is 36.8 Å². The largest absolute Gasteiger partial charge is 0.379 e. The van der Waals surface area contributed by atoms with E-state index in [0.717, 1.165) is 45.7 Å². The average Bonchev–Trinajstić information content (AvgIpc) is 2.89. The number of benzene rings is 2. The van der Waals surface area contributed by atoms with Crippen LogP contribution in [0.3, 0.4) is 0 Å². The van der Waals surface area contributed by atoms with E-state index in [9.17, 15) is 0 Å². The summed E-state index contributed by atoms with van der Waals surface area (Å²) < 4.78 is 5.43. The Kier molecular flexibility index (Phi) is 6.44. The number of morpholine rings is 1. The number of hydrogen-bond donors (Lipinski definition) is 0. The lowest BCUT2D eigenvalue weighted by molar-refractivity contribution is 0.0371. The second-order valence-corrected chi connectivity index (χ2v) is 7.78. The summed E-state index contributed by atoms with van der Waals surface area (Å²) >= 11 is 0. The molecule has 0 aliphatic carbocycles. The first-order chi connectivity index (χ1) is 13.4. The first kappa shape index (κ1) is 18.5. The summed E-state index contributed by atoms with van der Waals surface area (Å²) in [7, 11) is 0. The van der Waals surface area contributed by atoms with E-state index < -0.39 is 0 Å². The molecule has 0 spiro atoms. The third-order valence-electron chi connectivity index (χ3n) is 5.94. The number of nitrogens with zero attached hydrogens (tertiary/aromatic N) is 2. The molecule has 2 heterocycles. The van der Waals surface area contributed by atoms with Crippen molar-refractivity contribution < 1.29 is 4.74 Å². The molecule has 2 aromatic carbocycles. The van der Waals surface area contributed by atoms with Crippen molar-refractivity contribution in [1.82, 2.24) is 4.90 Å². The van der Waals surface area contributed by atoms with Crippen LogP contribution in [0, 0.1) is 0 Å². The van der Waals surface area contributed by atoms with Crippen LogP contribution in [-0.2, 0) is 17.6 Å². The zero-order chi connectivity index (χ0) is 18.3. The molecule has 0 unspecified atom stereocenters. The topological polar surface area (TPSA) is 15.7 Å². The smallest absolute Gasteiger partial charge is 0.0594 e. The van der Waals surface area contributed by atoms with E-state index in [-0.39, 0.29) is 0 Å². The van der Waals surface area contributed by atoms with Gasteiger partial charge in [-0.2, -0.15) is 0 Å². The van der Waals surface area contributed by atoms with Crippen LogP contribution in [0.5, 0.6) is 0 Å². The van der Waals surface area contributed by atoms with Gasteiger partial charge < -0.3 is 9.64 Å². The van der Waals surface area contributed by atoms with Crippen LogP contribution in [0.2, 0.25) is 0 Å². The lowest BCUT2D eigenvalue weighted by Crippen LogP contribution is -2.36. The maximum Gasteiger partial charge on any atom is 0.0594 e. The summed E-state index contributed by atoms with van der Waals surface area (Å²) in [5.41, 5.74) is 5.80. The van der Waals surface area contributed by atoms with Gasteiger partial charge >= 0.3 is 0 Å². The van der Waals surface area contributed by atoms with E-state index in [4.69, 9.17) is 4.74 Å². The van der Waals surface area contributed by atoms with Gasteiger partial charge in [0, 0.05) is 31.0 Å². The number of aryl methyl sites for hydroxylation is 2. The van der Waals surface area contributed by atoms with Crippen LogP contribution in [0.25, 0.3) is 0 Å². The van der Waals surface area contributed by atoms with Crippen molar-refractivity contribution in [3.8, 4) is 0 Å². The van der Waals surface area contributed by atoms with Gasteiger partial charge in [-0.3, -0.25) is 4.90 Å². The SMILES string of the molecule is c1ccc2c(c1)CCc1ccccc1N2CCCCCCN1CCOCC1. The minimum atomic E-state index is 0.910. The minimum absolute atomic E-state index is 0.910. The van der Waals surface area contributed by atoms with Gasteiger partial charge in [-0.25, -0.2) is 0 Å². The zero-order valence-electron chi connectivity index (χ0n) is 16.4. The van der Waals surface area contributed by atoms with Crippen molar-refractivity contribution in [2.45, 2.75) is 38.5 Å². The van der Waals surface area contributed by atoms with Crippen molar-refractivity contribution in [3.63, 3.8) is 0 Å². The Labute approximate surface area is 163 Å². The van der Waals surface area contributed by atoms with Crippen LogP contribution in [-0.4, -0.2) is 44.3 Å². The van der Waals surface area contributed by atoms with Gasteiger partial charge in [0.2, 0.25) is 0 Å². The normalized spacial score (nSPS) is 17.3. The number of rotatable bonds is 7. The number of fused-ring (bicyclic) bond motifs is 2. The lowest BCUT2D eigenvalue weighted by Gasteiger charge is -2.27. The standard InChI is InChI=1S/C24H32N2O/c1(7-15-25-17-19-27-20-18-25)2-8-16-26-23-11-5-3-9-21(23)13-14-22-10-4-6-12-24(22)26/h3-6,9-12H,1-2,7-8,13-20H2. The highest BCUT2D eigenvalue weighted by molar-refractivity contribution is 5.71. The molecule has 0 aromatic heterocycles. The van der Waals surface area contributed by atoms with Crippen molar-refractivity contribution in [2.75, 3.05) is 44.3 Å². The van der Waals surface area contributed by atoms with Gasteiger partial charge in [0.15, 0.2) is 0 Å². The molecule has 0 atom stereocenters. The van der Waals surface area contributed by atoms with Crippen LogP contribution in [0.15, 0.2) is 48.5 Å². The maximum absolute atomic E-state index is 5.43. The molecule has 4 rings (SSSR count). The molecule has 2 aliphatic heterocycles. The average molecular weight is 365 g/mol. The number of anilines is 2. The summed E-state index contributed by atoms with van der Waals surface area (Å²) in [6.45, 7) is 6.40. The Morgan fingerprint density at radius 3 is 1.85 bits per heavy atom. The van der Waals surface area contributed by atoms with Gasteiger partial charge in [-0.1, -0.05) is 49.2 Å². The van der Waals surface area contributed by atoms with E-state index in [2.05, 4.69) is 58.3 Å². The predicted molar refractivity (Wildman–Crippen MR) is 113 cm³/mol. The molecule has 0 amide bonds. The zero-order valence-corrected chi connectivity index (χ0v) is 16.4. The minimum Gasteiger partial charge on any atom is -0.379 e. The Morgan fingerprint density at radius 1 is 0.667 bits per heavy atom. The van der Waals surface area contributed by atoms with Gasteiger partial charge in [0.05, 0.1) is 13.2 Å². The third kappa shape index (κ3) is 4.72. The molecule has 3 heteroatoms. The Morgan fingerprint density at radius 2 is 1.22 bits per heavy atom.